The lowest BCUT2D eigenvalue weighted by molar-refractivity contribution is -0.388. The van der Waals surface area contributed by atoms with Crippen LogP contribution in [0.2, 0.25) is 0 Å². The maximum absolute atomic E-state index is 10.9. The Hall–Kier alpha value is -2.35. The molecule has 2 aromatic rings. The van der Waals surface area contributed by atoms with Crippen LogP contribution in [0.5, 0.6) is 5.75 Å². The van der Waals surface area contributed by atoms with Crippen molar-refractivity contribution in [2.24, 2.45) is 0 Å². The number of rotatable bonds is 4. The molecular formula is C11H10N4O3S. The second kappa shape index (κ2) is 5.53. The molecule has 2 N–H and O–H groups in total. The highest BCUT2D eigenvalue weighted by Gasteiger charge is 2.17. The zero-order valence-electron chi connectivity index (χ0n) is 9.94. The van der Waals surface area contributed by atoms with Crippen molar-refractivity contribution in [2.45, 2.75) is 9.92 Å². The standard InChI is InChI=1S/C11H10N4O3S/c1-18-7-3-2-4-8(5-7)19-10-9(15(16)17)6-13-11(12)14-10/h2-6H,1H3,(H2,12,13,14). The molecule has 1 aromatic heterocycles. The monoisotopic (exact) mass is 278 g/mol. The summed E-state index contributed by atoms with van der Waals surface area (Å²) in [6.07, 6.45) is 1.10. The molecule has 0 unspecified atom stereocenters. The Morgan fingerprint density at radius 1 is 1.47 bits per heavy atom. The van der Waals surface area contributed by atoms with E-state index in [9.17, 15) is 10.1 Å². The van der Waals surface area contributed by atoms with Crippen LogP contribution in [0.1, 0.15) is 0 Å². The number of hydrogen-bond donors (Lipinski definition) is 1. The molecule has 0 amide bonds. The molecule has 0 spiro atoms. The Morgan fingerprint density at radius 3 is 2.95 bits per heavy atom. The summed E-state index contributed by atoms with van der Waals surface area (Å²) in [4.78, 5) is 18.6. The van der Waals surface area contributed by atoms with E-state index in [-0.39, 0.29) is 16.7 Å². The van der Waals surface area contributed by atoms with Gasteiger partial charge in [0.2, 0.25) is 5.95 Å². The van der Waals surface area contributed by atoms with Crippen LogP contribution in [0.4, 0.5) is 11.6 Å². The summed E-state index contributed by atoms with van der Waals surface area (Å²) in [7, 11) is 1.55. The highest BCUT2D eigenvalue weighted by molar-refractivity contribution is 7.99. The van der Waals surface area contributed by atoms with Crippen LogP contribution >= 0.6 is 11.8 Å². The normalized spacial score (nSPS) is 10.2. The smallest absolute Gasteiger partial charge is 0.320 e. The van der Waals surface area contributed by atoms with Crippen LogP contribution in [0.15, 0.2) is 40.4 Å². The number of anilines is 1. The minimum Gasteiger partial charge on any atom is -0.497 e. The molecule has 0 aliphatic rings. The van der Waals surface area contributed by atoms with Crippen LogP contribution in [-0.2, 0) is 0 Å². The minimum atomic E-state index is -0.540. The van der Waals surface area contributed by atoms with E-state index in [1.54, 1.807) is 31.4 Å². The lowest BCUT2D eigenvalue weighted by Crippen LogP contribution is -2.00. The van der Waals surface area contributed by atoms with Crippen molar-refractivity contribution in [3.05, 3.63) is 40.6 Å². The molecule has 7 nitrogen and oxygen atoms in total. The van der Waals surface area contributed by atoms with E-state index >= 15 is 0 Å². The first-order valence-electron chi connectivity index (χ1n) is 5.19. The summed E-state index contributed by atoms with van der Waals surface area (Å²) in [5.41, 5.74) is 5.28. The second-order valence-corrected chi connectivity index (χ2v) is 4.52. The average Bonchev–Trinajstić information content (AvgIpc) is 2.38. The summed E-state index contributed by atoms with van der Waals surface area (Å²) < 4.78 is 5.09. The van der Waals surface area contributed by atoms with Crippen LogP contribution in [0.3, 0.4) is 0 Å². The molecule has 1 aromatic carbocycles. The van der Waals surface area contributed by atoms with Gasteiger partial charge in [-0.25, -0.2) is 4.98 Å². The molecule has 8 heteroatoms. The highest BCUT2D eigenvalue weighted by Crippen LogP contribution is 2.34. The summed E-state index contributed by atoms with van der Waals surface area (Å²) in [6, 6.07) is 7.13. The van der Waals surface area contributed by atoms with Crippen molar-refractivity contribution < 1.29 is 9.66 Å². The van der Waals surface area contributed by atoms with Gasteiger partial charge in [-0.3, -0.25) is 10.1 Å². The molecule has 0 atom stereocenters. The minimum absolute atomic E-state index is 0.00371. The molecule has 0 saturated heterocycles. The van der Waals surface area contributed by atoms with Gasteiger partial charge < -0.3 is 10.5 Å². The highest BCUT2D eigenvalue weighted by atomic mass is 32.2. The van der Waals surface area contributed by atoms with Crippen molar-refractivity contribution in [2.75, 3.05) is 12.8 Å². The molecule has 1 heterocycles. The number of methoxy groups -OCH3 is 1. The van der Waals surface area contributed by atoms with Crippen LogP contribution < -0.4 is 10.5 Å². The van der Waals surface area contributed by atoms with Gasteiger partial charge in [-0.2, -0.15) is 4.98 Å². The largest absolute Gasteiger partial charge is 0.497 e. The van der Waals surface area contributed by atoms with E-state index in [1.807, 2.05) is 0 Å². The number of nitrogen functional groups attached to an aromatic ring is 1. The Morgan fingerprint density at radius 2 is 2.26 bits per heavy atom. The molecule has 0 aliphatic heterocycles. The first-order chi connectivity index (χ1) is 9.10. The number of nitro groups is 1. The third-order valence-corrected chi connectivity index (χ3v) is 3.19. The predicted octanol–water partition coefficient (Wildman–Crippen LogP) is 2.13. The third kappa shape index (κ3) is 3.10. The first kappa shape index (κ1) is 13.1. The van der Waals surface area contributed by atoms with Gasteiger partial charge in [-0.15, -0.1) is 0 Å². The van der Waals surface area contributed by atoms with Crippen LogP contribution in [0.25, 0.3) is 0 Å². The number of benzene rings is 1. The number of hydrogen-bond acceptors (Lipinski definition) is 7. The molecule has 0 saturated carbocycles. The Bertz CT molecular complexity index is 621. The molecule has 2 rings (SSSR count). The predicted molar refractivity (Wildman–Crippen MR) is 70.2 cm³/mol. The van der Waals surface area contributed by atoms with Crippen molar-refractivity contribution in [1.29, 1.82) is 0 Å². The fraction of sp³-hybridized carbons (Fsp3) is 0.0909. The molecule has 98 valence electrons. The lowest BCUT2D eigenvalue weighted by Gasteiger charge is -2.04. The molecule has 0 fully saturated rings. The van der Waals surface area contributed by atoms with Gasteiger partial charge in [-0.1, -0.05) is 17.8 Å². The first-order valence-corrected chi connectivity index (χ1v) is 6.00. The summed E-state index contributed by atoms with van der Waals surface area (Å²) in [5.74, 6) is 0.658. The quantitative estimate of drug-likeness (QED) is 0.519. The molecule has 0 radical (unpaired) electrons. The van der Waals surface area contributed by atoms with Gasteiger partial charge in [0.05, 0.1) is 12.0 Å². The van der Waals surface area contributed by atoms with Gasteiger partial charge in [0.1, 0.15) is 11.9 Å². The topological polar surface area (TPSA) is 104 Å². The fourth-order valence-corrected chi connectivity index (χ4v) is 2.27. The Kier molecular flexibility index (Phi) is 3.81. The van der Waals surface area contributed by atoms with Crippen molar-refractivity contribution >= 4 is 23.4 Å². The van der Waals surface area contributed by atoms with Crippen LogP contribution in [0, 0.1) is 10.1 Å². The van der Waals surface area contributed by atoms with Gasteiger partial charge in [-0.05, 0) is 18.2 Å². The molecular weight excluding hydrogens is 268 g/mol. The number of aromatic nitrogens is 2. The fourth-order valence-electron chi connectivity index (χ4n) is 1.35. The maximum Gasteiger partial charge on any atom is 0.320 e. The van der Waals surface area contributed by atoms with Crippen molar-refractivity contribution in [3.8, 4) is 5.75 Å². The number of nitrogens with zero attached hydrogens (tertiary/aromatic N) is 3. The van der Waals surface area contributed by atoms with E-state index in [0.717, 1.165) is 22.9 Å². The second-order valence-electron chi connectivity index (χ2n) is 3.46. The summed E-state index contributed by atoms with van der Waals surface area (Å²) in [6.45, 7) is 0. The zero-order chi connectivity index (χ0) is 13.8. The van der Waals surface area contributed by atoms with E-state index in [1.165, 1.54) is 0 Å². The van der Waals surface area contributed by atoms with Crippen LogP contribution in [-0.4, -0.2) is 22.0 Å². The summed E-state index contributed by atoms with van der Waals surface area (Å²) in [5, 5.41) is 11.1. The number of ether oxygens (including phenoxy) is 1. The van der Waals surface area contributed by atoms with Gasteiger partial charge in [0.15, 0.2) is 5.03 Å². The molecule has 0 aliphatic carbocycles. The molecule has 0 bridgehead atoms. The Labute approximate surface area is 113 Å². The average molecular weight is 278 g/mol. The van der Waals surface area contributed by atoms with Crippen molar-refractivity contribution in [3.63, 3.8) is 0 Å². The number of nitrogens with two attached hydrogens (primary N) is 1. The maximum atomic E-state index is 10.9. The van der Waals surface area contributed by atoms with Crippen molar-refractivity contribution in [1.82, 2.24) is 9.97 Å². The van der Waals surface area contributed by atoms with Gasteiger partial charge in [0, 0.05) is 4.90 Å². The lowest BCUT2D eigenvalue weighted by atomic mass is 10.3. The van der Waals surface area contributed by atoms with Gasteiger partial charge >= 0.3 is 5.69 Å². The SMILES string of the molecule is COc1cccc(Sc2nc(N)ncc2[N+](=O)[O-])c1. The van der Waals surface area contributed by atoms with E-state index < -0.39 is 4.92 Å². The van der Waals surface area contributed by atoms with E-state index in [0.29, 0.717) is 5.75 Å². The van der Waals surface area contributed by atoms with E-state index in [4.69, 9.17) is 10.5 Å². The zero-order valence-corrected chi connectivity index (χ0v) is 10.8. The summed E-state index contributed by atoms with van der Waals surface area (Å²) >= 11 is 1.13. The van der Waals surface area contributed by atoms with E-state index in [2.05, 4.69) is 9.97 Å². The molecule has 19 heavy (non-hydrogen) atoms. The third-order valence-electron chi connectivity index (χ3n) is 2.21. The Balaban J connectivity index is 2.36. The van der Waals surface area contributed by atoms with Gasteiger partial charge in [0.25, 0.3) is 0 Å².